The predicted octanol–water partition coefficient (Wildman–Crippen LogP) is 4.93. The molecule has 3 aromatic rings. The molecule has 1 spiro atoms. The second kappa shape index (κ2) is 12.1. The second-order valence-corrected chi connectivity index (χ2v) is 12.2. The largest absolute Gasteiger partial charge is 0.348 e. The molecular weight excluding hydrogens is 470 g/mol. The molecule has 38 heavy (non-hydrogen) atoms. The monoisotopic (exact) mass is 515 g/mol. The molecule has 7 nitrogen and oxygen atoms in total. The van der Waals surface area contributed by atoms with E-state index in [2.05, 4.69) is 58.5 Å². The molecule has 1 N–H and O–H groups in total. The lowest BCUT2D eigenvalue weighted by molar-refractivity contribution is 0.0615. The van der Waals surface area contributed by atoms with Crippen LogP contribution in [0.4, 0.5) is 0 Å². The maximum atomic E-state index is 4.45. The average molecular weight is 516 g/mol. The molecular formula is C31H45N7. The molecule has 2 aliphatic heterocycles. The van der Waals surface area contributed by atoms with Gasteiger partial charge in [-0.1, -0.05) is 43.5 Å². The van der Waals surface area contributed by atoms with Gasteiger partial charge in [0.2, 0.25) is 0 Å². The highest BCUT2D eigenvalue weighted by Crippen LogP contribution is 2.42. The van der Waals surface area contributed by atoms with E-state index in [-0.39, 0.29) is 0 Å². The summed E-state index contributed by atoms with van der Waals surface area (Å²) in [4.78, 5) is 19.9. The lowest BCUT2D eigenvalue weighted by Gasteiger charge is -2.43. The number of imidazole rings is 2. The van der Waals surface area contributed by atoms with E-state index in [0.717, 1.165) is 44.6 Å². The summed E-state index contributed by atoms with van der Waals surface area (Å²) in [6, 6.07) is 10.3. The van der Waals surface area contributed by atoms with Crippen molar-refractivity contribution in [1.82, 2.24) is 34.2 Å². The third-order valence-corrected chi connectivity index (χ3v) is 9.46. The molecule has 0 unspecified atom stereocenters. The fraction of sp³-hybridized carbons (Fsp3) is 0.613. The van der Waals surface area contributed by atoms with Gasteiger partial charge in [-0.2, -0.15) is 0 Å². The second-order valence-electron chi connectivity index (χ2n) is 12.2. The fourth-order valence-corrected chi connectivity index (χ4v) is 7.13. The van der Waals surface area contributed by atoms with Crippen LogP contribution in [0.15, 0.2) is 55.4 Å². The summed E-state index contributed by atoms with van der Waals surface area (Å²) >= 11 is 0. The first-order chi connectivity index (χ1) is 18.7. The minimum atomic E-state index is 0.576. The van der Waals surface area contributed by atoms with E-state index in [1.807, 2.05) is 31.1 Å². The highest BCUT2D eigenvalue weighted by molar-refractivity contribution is 5.23. The lowest BCUT2D eigenvalue weighted by atomic mass is 9.77. The maximum Gasteiger partial charge on any atom is 0.120 e. The molecule has 0 atom stereocenters. The molecule has 0 bridgehead atoms. The van der Waals surface area contributed by atoms with E-state index in [4.69, 9.17) is 0 Å². The van der Waals surface area contributed by atoms with Crippen molar-refractivity contribution in [2.75, 3.05) is 32.7 Å². The van der Waals surface area contributed by atoms with E-state index in [1.54, 1.807) is 0 Å². The molecule has 2 saturated heterocycles. The van der Waals surface area contributed by atoms with Gasteiger partial charge in [-0.05, 0) is 68.3 Å². The summed E-state index contributed by atoms with van der Waals surface area (Å²) in [6.07, 6.45) is 21.0. The van der Waals surface area contributed by atoms with Crippen molar-refractivity contribution in [3.63, 3.8) is 0 Å². The zero-order valence-corrected chi connectivity index (χ0v) is 23.0. The Bertz CT molecular complexity index is 1080. The number of piperidine rings is 1. The van der Waals surface area contributed by atoms with Crippen molar-refractivity contribution >= 4 is 0 Å². The number of nitrogens with one attached hydrogen (secondary N) is 1. The number of aromatic nitrogens is 4. The normalized spacial score (nSPS) is 21.1. The van der Waals surface area contributed by atoms with Crippen LogP contribution in [0.1, 0.15) is 68.3 Å². The molecule has 2 aromatic heterocycles. The Balaban J connectivity index is 0.996. The van der Waals surface area contributed by atoms with Crippen LogP contribution in [-0.4, -0.2) is 73.0 Å². The Morgan fingerprint density at radius 1 is 0.921 bits per heavy atom. The predicted molar refractivity (Wildman–Crippen MR) is 151 cm³/mol. The number of hydrogen-bond donors (Lipinski definition) is 1. The van der Waals surface area contributed by atoms with Crippen LogP contribution in [0.3, 0.4) is 0 Å². The zero-order valence-electron chi connectivity index (χ0n) is 23.0. The third-order valence-electron chi connectivity index (χ3n) is 9.46. The van der Waals surface area contributed by atoms with Gasteiger partial charge in [-0.15, -0.1) is 0 Å². The van der Waals surface area contributed by atoms with Gasteiger partial charge >= 0.3 is 0 Å². The SMILES string of the molecule is c1cn(CCN(Cc2ccc(CN3CCC4(CCN(C5CCCCC5)CC4)C3)cc2)Cc2ncc[nH]2)cn1. The number of likely N-dealkylation sites (tertiary alicyclic amines) is 2. The molecule has 1 aromatic carbocycles. The van der Waals surface area contributed by atoms with Gasteiger partial charge in [-0.25, -0.2) is 9.97 Å². The molecule has 3 fully saturated rings. The first-order valence-corrected chi connectivity index (χ1v) is 14.9. The average Bonchev–Trinajstić information content (AvgIpc) is 3.73. The van der Waals surface area contributed by atoms with Crippen LogP contribution in [0, 0.1) is 5.41 Å². The fourth-order valence-electron chi connectivity index (χ4n) is 7.13. The number of benzene rings is 1. The van der Waals surface area contributed by atoms with E-state index < -0.39 is 0 Å². The Morgan fingerprint density at radius 2 is 1.71 bits per heavy atom. The van der Waals surface area contributed by atoms with Crippen LogP contribution < -0.4 is 0 Å². The van der Waals surface area contributed by atoms with Gasteiger partial charge in [0.25, 0.3) is 0 Å². The molecule has 0 radical (unpaired) electrons. The van der Waals surface area contributed by atoms with Gasteiger partial charge in [0.05, 0.1) is 12.9 Å². The van der Waals surface area contributed by atoms with Crippen LogP contribution in [-0.2, 0) is 26.2 Å². The van der Waals surface area contributed by atoms with Crippen LogP contribution in [0.5, 0.6) is 0 Å². The molecule has 6 rings (SSSR count). The molecule has 3 aliphatic rings. The Morgan fingerprint density at radius 3 is 2.45 bits per heavy atom. The molecule has 1 saturated carbocycles. The summed E-state index contributed by atoms with van der Waals surface area (Å²) in [5.41, 5.74) is 3.38. The number of aromatic amines is 1. The Hall–Kier alpha value is -2.48. The molecule has 4 heterocycles. The maximum absolute atomic E-state index is 4.45. The first kappa shape index (κ1) is 25.8. The van der Waals surface area contributed by atoms with Crippen molar-refractivity contribution in [3.8, 4) is 0 Å². The van der Waals surface area contributed by atoms with Crippen molar-refractivity contribution in [2.24, 2.45) is 5.41 Å². The minimum absolute atomic E-state index is 0.576. The summed E-state index contributed by atoms with van der Waals surface area (Å²) in [7, 11) is 0. The van der Waals surface area contributed by atoms with Gasteiger partial charge < -0.3 is 14.5 Å². The lowest BCUT2D eigenvalue weighted by Crippen LogP contribution is -2.46. The van der Waals surface area contributed by atoms with E-state index >= 15 is 0 Å². The van der Waals surface area contributed by atoms with E-state index in [0.29, 0.717) is 5.41 Å². The van der Waals surface area contributed by atoms with Gasteiger partial charge in [0, 0.05) is 63.6 Å². The van der Waals surface area contributed by atoms with Crippen molar-refractivity contribution in [3.05, 3.63) is 72.3 Å². The highest BCUT2D eigenvalue weighted by atomic mass is 15.2. The number of hydrogen-bond acceptors (Lipinski definition) is 5. The summed E-state index contributed by atoms with van der Waals surface area (Å²) in [5, 5.41) is 0. The number of rotatable bonds is 10. The van der Waals surface area contributed by atoms with Crippen LogP contribution >= 0.6 is 0 Å². The molecule has 1 aliphatic carbocycles. The molecule has 7 heteroatoms. The van der Waals surface area contributed by atoms with Gasteiger partial charge in [-0.3, -0.25) is 9.80 Å². The van der Waals surface area contributed by atoms with Crippen molar-refractivity contribution < 1.29 is 0 Å². The van der Waals surface area contributed by atoms with Crippen molar-refractivity contribution in [1.29, 1.82) is 0 Å². The van der Waals surface area contributed by atoms with E-state index in [1.165, 1.54) is 88.7 Å². The summed E-state index contributed by atoms with van der Waals surface area (Å²) in [5.74, 6) is 1.01. The standard InChI is InChI=1S/C31H45N7/c1-2-4-29(5-3-1)38-17-11-31(12-18-38)10-16-37(25-31)23-28-8-6-27(7-9-28)22-36(24-30-33-13-14-34-30)21-20-35-19-15-32-26-35/h6-9,13-15,19,26,29H,1-5,10-12,16-18,20-25H2,(H,33,34). The summed E-state index contributed by atoms with van der Waals surface area (Å²) in [6.45, 7) is 9.92. The number of H-pyrrole nitrogens is 1. The van der Waals surface area contributed by atoms with Gasteiger partial charge in [0.15, 0.2) is 0 Å². The van der Waals surface area contributed by atoms with Crippen molar-refractivity contribution in [2.45, 2.75) is 83.6 Å². The quantitative estimate of drug-likeness (QED) is 0.415. The van der Waals surface area contributed by atoms with E-state index in [9.17, 15) is 0 Å². The third kappa shape index (κ3) is 6.56. The van der Waals surface area contributed by atoms with Crippen LogP contribution in [0.2, 0.25) is 0 Å². The zero-order chi connectivity index (χ0) is 25.6. The Kier molecular flexibility index (Phi) is 8.24. The minimum Gasteiger partial charge on any atom is -0.348 e. The smallest absolute Gasteiger partial charge is 0.120 e. The van der Waals surface area contributed by atoms with Gasteiger partial charge in [0.1, 0.15) is 5.82 Å². The molecule has 204 valence electrons. The topological polar surface area (TPSA) is 56.2 Å². The number of nitrogens with zero attached hydrogens (tertiary/aromatic N) is 6. The summed E-state index contributed by atoms with van der Waals surface area (Å²) < 4.78 is 2.14. The molecule has 0 amide bonds. The Labute approximate surface area is 228 Å². The highest BCUT2D eigenvalue weighted by Gasteiger charge is 2.41. The first-order valence-electron chi connectivity index (χ1n) is 14.9. The van der Waals surface area contributed by atoms with Crippen LogP contribution in [0.25, 0.3) is 0 Å².